The van der Waals surface area contributed by atoms with Crippen LogP contribution in [0.15, 0.2) is 0 Å². The number of esters is 1. The Bertz CT molecular complexity index is 113. The molecule has 1 rings (SSSR count). The molecular formula is C5H8O2S. The van der Waals surface area contributed by atoms with E-state index in [1.807, 2.05) is 6.92 Å². The summed E-state index contributed by atoms with van der Waals surface area (Å²) in [5, 5.41) is 0. The molecule has 8 heavy (non-hydrogen) atoms. The van der Waals surface area contributed by atoms with Crippen LogP contribution in [0.25, 0.3) is 0 Å². The van der Waals surface area contributed by atoms with E-state index in [-0.39, 0.29) is 17.3 Å². The molecule has 1 saturated heterocycles. The maximum absolute atomic E-state index is 10.5. The van der Waals surface area contributed by atoms with Crippen molar-refractivity contribution in [1.82, 2.24) is 0 Å². The number of cyclic esters (lactones) is 1. The second kappa shape index (κ2) is 1.97. The molecule has 2 nitrogen and oxygen atoms in total. The number of hydrogen-bond donors (Lipinski definition) is 1. The first-order valence-electron chi connectivity index (χ1n) is 2.58. The summed E-state index contributed by atoms with van der Waals surface area (Å²) in [5.74, 6) is -0.0671. The van der Waals surface area contributed by atoms with Crippen molar-refractivity contribution in [2.75, 3.05) is 0 Å². The molecule has 1 unspecified atom stereocenters. The maximum Gasteiger partial charge on any atom is 0.309 e. The van der Waals surface area contributed by atoms with Gasteiger partial charge in [-0.1, -0.05) is 6.92 Å². The lowest BCUT2D eigenvalue weighted by Gasteiger charge is -1.94. The number of carbonyl (C=O) groups excluding carboxylic acids is 1. The van der Waals surface area contributed by atoms with Gasteiger partial charge in [0.05, 0.1) is 5.92 Å². The average Bonchev–Trinajstić information content (AvgIpc) is 1.85. The van der Waals surface area contributed by atoms with Gasteiger partial charge in [0, 0.05) is 6.42 Å². The fourth-order valence-electron chi connectivity index (χ4n) is 0.697. The van der Waals surface area contributed by atoms with Crippen LogP contribution in [0.2, 0.25) is 0 Å². The van der Waals surface area contributed by atoms with Gasteiger partial charge in [0.2, 0.25) is 0 Å². The molecule has 46 valence electrons. The predicted molar refractivity (Wildman–Crippen MR) is 32.6 cm³/mol. The average molecular weight is 132 g/mol. The van der Waals surface area contributed by atoms with Gasteiger partial charge in [-0.05, 0) is 0 Å². The third kappa shape index (κ3) is 0.968. The molecule has 0 bridgehead atoms. The molecule has 0 amide bonds. The van der Waals surface area contributed by atoms with E-state index in [0.717, 1.165) is 6.42 Å². The first kappa shape index (κ1) is 5.95. The Balaban J connectivity index is 2.51. The van der Waals surface area contributed by atoms with Crippen molar-refractivity contribution < 1.29 is 9.53 Å². The summed E-state index contributed by atoms with van der Waals surface area (Å²) in [4.78, 5) is 10.5. The second-order valence-corrected chi connectivity index (χ2v) is 2.60. The zero-order valence-electron chi connectivity index (χ0n) is 4.63. The molecule has 0 radical (unpaired) electrons. The summed E-state index contributed by atoms with van der Waals surface area (Å²) in [5.41, 5.74) is -0.155. The Labute approximate surface area is 53.6 Å². The van der Waals surface area contributed by atoms with Crippen molar-refractivity contribution in [2.45, 2.75) is 18.8 Å². The van der Waals surface area contributed by atoms with Crippen LogP contribution in [0.3, 0.4) is 0 Å². The summed E-state index contributed by atoms with van der Waals surface area (Å²) in [6.07, 6.45) is 0.752. The quantitative estimate of drug-likeness (QED) is 0.390. The van der Waals surface area contributed by atoms with Crippen molar-refractivity contribution >= 4 is 18.6 Å². The third-order valence-corrected chi connectivity index (χ3v) is 1.53. The van der Waals surface area contributed by atoms with E-state index >= 15 is 0 Å². The molecule has 0 aromatic rings. The van der Waals surface area contributed by atoms with Crippen LogP contribution in [-0.2, 0) is 9.53 Å². The number of hydrogen-bond acceptors (Lipinski definition) is 3. The normalized spacial score (nSPS) is 37.5. The van der Waals surface area contributed by atoms with E-state index in [9.17, 15) is 4.79 Å². The zero-order chi connectivity index (χ0) is 6.15. The summed E-state index contributed by atoms with van der Waals surface area (Å²) >= 11 is 3.97. The molecule has 1 heterocycles. The minimum absolute atomic E-state index is 0.0532. The Kier molecular flexibility index (Phi) is 1.47. The summed E-state index contributed by atoms with van der Waals surface area (Å²) in [6.45, 7) is 1.85. The second-order valence-electron chi connectivity index (χ2n) is 2.03. The molecular weight excluding hydrogens is 124 g/mol. The number of ether oxygens (including phenoxy) is 1. The number of rotatable bonds is 0. The molecule has 0 aromatic carbocycles. The largest absolute Gasteiger partial charge is 0.451 e. The lowest BCUT2D eigenvalue weighted by atomic mass is 10.1. The van der Waals surface area contributed by atoms with Crippen molar-refractivity contribution in [3.63, 3.8) is 0 Å². The molecule has 1 fully saturated rings. The molecule has 3 heteroatoms. The molecule has 1 aliphatic heterocycles. The minimum Gasteiger partial charge on any atom is -0.451 e. The molecule has 0 saturated carbocycles. The highest BCUT2D eigenvalue weighted by atomic mass is 32.1. The van der Waals surface area contributed by atoms with Crippen LogP contribution < -0.4 is 0 Å². The molecule has 0 spiro atoms. The highest BCUT2D eigenvalue weighted by molar-refractivity contribution is 7.80. The van der Waals surface area contributed by atoms with E-state index in [4.69, 9.17) is 4.74 Å². The van der Waals surface area contributed by atoms with E-state index in [1.54, 1.807) is 0 Å². The number of thiol groups is 1. The van der Waals surface area contributed by atoms with Crippen LogP contribution in [0.4, 0.5) is 0 Å². The van der Waals surface area contributed by atoms with E-state index in [2.05, 4.69) is 12.6 Å². The highest BCUT2D eigenvalue weighted by Crippen LogP contribution is 2.21. The smallest absolute Gasteiger partial charge is 0.309 e. The van der Waals surface area contributed by atoms with Gasteiger partial charge >= 0.3 is 5.97 Å². The van der Waals surface area contributed by atoms with E-state index in [0.29, 0.717) is 0 Å². The van der Waals surface area contributed by atoms with E-state index < -0.39 is 0 Å². The van der Waals surface area contributed by atoms with E-state index in [1.165, 1.54) is 0 Å². The third-order valence-electron chi connectivity index (χ3n) is 1.21. The topological polar surface area (TPSA) is 26.3 Å². The van der Waals surface area contributed by atoms with Crippen LogP contribution in [0.1, 0.15) is 13.3 Å². The molecule has 0 aliphatic carbocycles. The Hall–Kier alpha value is -0.180. The van der Waals surface area contributed by atoms with Crippen LogP contribution in [0, 0.1) is 5.92 Å². The van der Waals surface area contributed by atoms with Gasteiger partial charge in [-0.2, -0.15) is 0 Å². The maximum atomic E-state index is 10.5. The van der Waals surface area contributed by atoms with Crippen LogP contribution >= 0.6 is 12.6 Å². The SMILES string of the molecule is C[C@H]1CC(S)OC1=O. The first-order chi connectivity index (χ1) is 3.70. The predicted octanol–water partition coefficient (Wildman–Crippen LogP) is 0.825. The Morgan fingerprint density at radius 2 is 2.50 bits per heavy atom. The van der Waals surface area contributed by atoms with Crippen LogP contribution in [-0.4, -0.2) is 11.4 Å². The standard InChI is InChI=1S/C5H8O2S/c1-3-2-4(8)7-5(3)6/h3-4,8H,2H2,1H3/t3-,4?/m0/s1. The molecule has 0 aromatic heterocycles. The van der Waals surface area contributed by atoms with Gasteiger partial charge in [0.25, 0.3) is 0 Å². The van der Waals surface area contributed by atoms with Gasteiger partial charge in [-0.25, -0.2) is 0 Å². The Morgan fingerprint density at radius 1 is 1.88 bits per heavy atom. The zero-order valence-corrected chi connectivity index (χ0v) is 5.52. The number of carbonyl (C=O) groups is 1. The summed E-state index contributed by atoms with van der Waals surface area (Å²) < 4.78 is 4.70. The van der Waals surface area contributed by atoms with Gasteiger partial charge in [-0.15, -0.1) is 12.6 Å². The molecule has 1 aliphatic rings. The van der Waals surface area contributed by atoms with Crippen molar-refractivity contribution in [3.8, 4) is 0 Å². The molecule has 2 atom stereocenters. The van der Waals surface area contributed by atoms with Crippen LogP contribution in [0.5, 0.6) is 0 Å². The van der Waals surface area contributed by atoms with Crippen molar-refractivity contribution in [2.24, 2.45) is 5.92 Å². The van der Waals surface area contributed by atoms with Gasteiger partial charge in [0.15, 0.2) is 0 Å². The molecule has 0 N–H and O–H groups in total. The van der Waals surface area contributed by atoms with Gasteiger partial charge in [0.1, 0.15) is 5.44 Å². The Morgan fingerprint density at radius 3 is 2.62 bits per heavy atom. The highest BCUT2D eigenvalue weighted by Gasteiger charge is 2.27. The lowest BCUT2D eigenvalue weighted by molar-refractivity contribution is -0.141. The fraction of sp³-hybridized carbons (Fsp3) is 0.800. The van der Waals surface area contributed by atoms with Crippen molar-refractivity contribution in [3.05, 3.63) is 0 Å². The summed E-state index contributed by atoms with van der Waals surface area (Å²) in [6, 6.07) is 0. The first-order valence-corrected chi connectivity index (χ1v) is 3.10. The monoisotopic (exact) mass is 132 g/mol. The van der Waals surface area contributed by atoms with Crippen molar-refractivity contribution in [1.29, 1.82) is 0 Å². The fourth-order valence-corrected chi connectivity index (χ4v) is 1.12. The lowest BCUT2D eigenvalue weighted by Crippen LogP contribution is -2.01. The minimum atomic E-state index is -0.155. The summed E-state index contributed by atoms with van der Waals surface area (Å²) in [7, 11) is 0. The van der Waals surface area contributed by atoms with Gasteiger partial charge < -0.3 is 4.74 Å². The van der Waals surface area contributed by atoms with Gasteiger partial charge in [-0.3, -0.25) is 4.79 Å².